The minimum atomic E-state index is -0.303. The molecule has 108 valence electrons. The highest BCUT2D eigenvalue weighted by Crippen LogP contribution is 2.09. The van der Waals surface area contributed by atoms with Crippen LogP contribution in [0.25, 0.3) is 6.08 Å². The van der Waals surface area contributed by atoms with E-state index in [1.807, 2.05) is 47.8 Å². The predicted molar refractivity (Wildman–Crippen MR) is 84.4 cm³/mol. The quantitative estimate of drug-likeness (QED) is 0.834. The van der Waals surface area contributed by atoms with Crippen LogP contribution >= 0.6 is 11.3 Å². The smallest absolute Gasteiger partial charge is 0.268 e. The first-order valence-corrected chi connectivity index (χ1v) is 7.38. The van der Waals surface area contributed by atoms with Gasteiger partial charge in [-0.1, -0.05) is 36.4 Å². The highest BCUT2D eigenvalue weighted by Gasteiger charge is 2.11. The predicted octanol–water partition coefficient (Wildman–Crippen LogP) is 2.54. The molecule has 2 aromatic rings. The van der Waals surface area contributed by atoms with Crippen LogP contribution in [0.3, 0.4) is 0 Å². The number of nitrogens with one attached hydrogen (secondary N) is 2. The molecular weight excluding hydrogens is 284 g/mol. The van der Waals surface area contributed by atoms with Crippen LogP contribution in [0, 0.1) is 0 Å². The third kappa shape index (κ3) is 4.89. The topological polar surface area (TPSA) is 58.2 Å². The Hall–Kier alpha value is -2.40. The zero-order valence-corrected chi connectivity index (χ0v) is 12.4. The Morgan fingerprint density at radius 1 is 1.14 bits per heavy atom. The Morgan fingerprint density at radius 2 is 1.90 bits per heavy atom. The van der Waals surface area contributed by atoms with Gasteiger partial charge in [-0.2, -0.15) is 0 Å². The largest absolute Gasteiger partial charge is 0.346 e. The summed E-state index contributed by atoms with van der Waals surface area (Å²) in [5, 5.41) is 7.33. The van der Waals surface area contributed by atoms with Gasteiger partial charge in [0.2, 0.25) is 5.91 Å². The Labute approximate surface area is 127 Å². The first-order valence-electron chi connectivity index (χ1n) is 6.50. The van der Waals surface area contributed by atoms with E-state index in [0.717, 1.165) is 10.4 Å². The fourth-order valence-electron chi connectivity index (χ4n) is 1.74. The molecule has 5 heteroatoms. The average Bonchev–Trinajstić information content (AvgIpc) is 2.98. The van der Waals surface area contributed by atoms with Crippen molar-refractivity contribution in [2.24, 2.45) is 0 Å². The van der Waals surface area contributed by atoms with Gasteiger partial charge in [0.1, 0.15) is 5.70 Å². The zero-order chi connectivity index (χ0) is 15.1. The standard InChI is InChI=1S/C16H16N2O2S/c1-12(19)18-15(10-13-6-3-2-4-7-13)16(20)17-11-14-8-5-9-21-14/h2-10H,11H2,1H3,(H,17,20)(H,18,19)/b15-10-. The van der Waals surface area contributed by atoms with Crippen molar-refractivity contribution in [3.05, 3.63) is 64.0 Å². The van der Waals surface area contributed by atoms with Gasteiger partial charge in [-0.3, -0.25) is 9.59 Å². The molecule has 0 fully saturated rings. The Bertz CT molecular complexity index is 634. The third-order valence-electron chi connectivity index (χ3n) is 2.67. The molecule has 1 heterocycles. The molecule has 0 aliphatic rings. The van der Waals surface area contributed by atoms with E-state index >= 15 is 0 Å². The van der Waals surface area contributed by atoms with Crippen molar-refractivity contribution < 1.29 is 9.59 Å². The third-order valence-corrected chi connectivity index (χ3v) is 3.55. The van der Waals surface area contributed by atoms with E-state index < -0.39 is 0 Å². The van der Waals surface area contributed by atoms with Crippen LogP contribution in [-0.4, -0.2) is 11.8 Å². The van der Waals surface area contributed by atoms with Crippen LogP contribution in [0.2, 0.25) is 0 Å². The van der Waals surface area contributed by atoms with Gasteiger partial charge in [-0.15, -0.1) is 11.3 Å². The van der Waals surface area contributed by atoms with Crippen molar-refractivity contribution in [2.45, 2.75) is 13.5 Å². The van der Waals surface area contributed by atoms with Crippen molar-refractivity contribution in [3.8, 4) is 0 Å². The molecule has 0 spiro atoms. The van der Waals surface area contributed by atoms with E-state index in [0.29, 0.717) is 6.54 Å². The average molecular weight is 300 g/mol. The van der Waals surface area contributed by atoms with Crippen molar-refractivity contribution in [1.29, 1.82) is 0 Å². The maximum Gasteiger partial charge on any atom is 0.268 e. The lowest BCUT2D eigenvalue weighted by molar-refractivity contribution is -0.122. The van der Waals surface area contributed by atoms with E-state index in [2.05, 4.69) is 10.6 Å². The molecule has 21 heavy (non-hydrogen) atoms. The van der Waals surface area contributed by atoms with Gasteiger partial charge < -0.3 is 10.6 Å². The lowest BCUT2D eigenvalue weighted by Gasteiger charge is -2.09. The summed E-state index contributed by atoms with van der Waals surface area (Å²) in [6, 6.07) is 13.3. The molecular formula is C16H16N2O2S. The highest BCUT2D eigenvalue weighted by molar-refractivity contribution is 7.09. The summed E-state index contributed by atoms with van der Waals surface area (Å²) in [6.07, 6.45) is 1.66. The van der Waals surface area contributed by atoms with Gasteiger partial charge in [-0.25, -0.2) is 0 Å². The number of benzene rings is 1. The minimum absolute atomic E-state index is 0.241. The van der Waals surface area contributed by atoms with Crippen LogP contribution in [0.4, 0.5) is 0 Å². The molecule has 0 saturated carbocycles. The lowest BCUT2D eigenvalue weighted by atomic mass is 10.2. The van der Waals surface area contributed by atoms with E-state index in [1.165, 1.54) is 6.92 Å². The highest BCUT2D eigenvalue weighted by atomic mass is 32.1. The molecule has 1 aromatic carbocycles. The first kappa shape index (κ1) is 15.0. The van der Waals surface area contributed by atoms with Gasteiger partial charge >= 0.3 is 0 Å². The molecule has 0 unspecified atom stereocenters. The fraction of sp³-hybridized carbons (Fsp3) is 0.125. The summed E-state index contributed by atoms with van der Waals surface area (Å²) in [7, 11) is 0. The van der Waals surface area contributed by atoms with Crippen molar-refractivity contribution >= 4 is 29.2 Å². The second-order valence-corrected chi connectivity index (χ2v) is 5.44. The Kier molecular flexibility index (Phi) is 5.29. The second-order valence-electron chi connectivity index (χ2n) is 4.41. The Morgan fingerprint density at radius 3 is 2.52 bits per heavy atom. The molecule has 0 bridgehead atoms. The molecule has 2 rings (SSSR count). The summed E-state index contributed by atoms with van der Waals surface area (Å²) in [5.41, 5.74) is 1.10. The van der Waals surface area contributed by atoms with E-state index in [9.17, 15) is 9.59 Å². The normalized spacial score (nSPS) is 11.0. The number of amides is 2. The van der Waals surface area contributed by atoms with E-state index in [4.69, 9.17) is 0 Å². The van der Waals surface area contributed by atoms with Crippen molar-refractivity contribution in [3.63, 3.8) is 0 Å². The van der Waals surface area contributed by atoms with Crippen LogP contribution in [0.1, 0.15) is 17.4 Å². The molecule has 2 N–H and O–H groups in total. The minimum Gasteiger partial charge on any atom is -0.346 e. The monoisotopic (exact) mass is 300 g/mol. The molecule has 0 atom stereocenters. The number of thiophene rings is 1. The summed E-state index contributed by atoms with van der Waals surface area (Å²) < 4.78 is 0. The Balaban J connectivity index is 2.09. The summed E-state index contributed by atoms with van der Waals surface area (Å²) in [6.45, 7) is 1.83. The number of hydrogen-bond acceptors (Lipinski definition) is 3. The van der Waals surface area contributed by atoms with Gasteiger partial charge in [-0.05, 0) is 23.1 Å². The van der Waals surface area contributed by atoms with Gasteiger partial charge in [0, 0.05) is 11.8 Å². The van der Waals surface area contributed by atoms with Crippen LogP contribution in [0.5, 0.6) is 0 Å². The van der Waals surface area contributed by atoms with Gasteiger partial charge in [0.25, 0.3) is 5.91 Å². The molecule has 0 aliphatic heterocycles. The molecule has 1 aromatic heterocycles. The number of carbonyl (C=O) groups is 2. The van der Waals surface area contributed by atoms with Crippen molar-refractivity contribution in [2.75, 3.05) is 0 Å². The number of carbonyl (C=O) groups excluding carboxylic acids is 2. The van der Waals surface area contributed by atoms with Gasteiger partial charge in [0.05, 0.1) is 6.54 Å². The summed E-state index contributed by atoms with van der Waals surface area (Å²) >= 11 is 1.57. The SMILES string of the molecule is CC(=O)N/C(=C\c1ccccc1)C(=O)NCc1cccs1. The molecule has 0 radical (unpaired) electrons. The number of hydrogen-bond donors (Lipinski definition) is 2. The van der Waals surface area contributed by atoms with Gasteiger partial charge in [0.15, 0.2) is 0 Å². The van der Waals surface area contributed by atoms with Crippen LogP contribution in [0.15, 0.2) is 53.5 Å². The summed E-state index contributed by atoms with van der Waals surface area (Å²) in [5.74, 6) is -0.578. The number of rotatable bonds is 5. The maximum atomic E-state index is 12.2. The summed E-state index contributed by atoms with van der Waals surface area (Å²) in [4.78, 5) is 24.5. The van der Waals surface area contributed by atoms with E-state index in [1.54, 1.807) is 17.4 Å². The maximum absolute atomic E-state index is 12.2. The van der Waals surface area contributed by atoms with E-state index in [-0.39, 0.29) is 17.5 Å². The van der Waals surface area contributed by atoms with Crippen LogP contribution < -0.4 is 10.6 Å². The molecule has 0 aliphatic carbocycles. The first-order chi connectivity index (χ1) is 10.1. The molecule has 4 nitrogen and oxygen atoms in total. The lowest BCUT2D eigenvalue weighted by Crippen LogP contribution is -2.33. The second kappa shape index (κ2) is 7.40. The molecule has 0 saturated heterocycles. The van der Waals surface area contributed by atoms with Crippen LogP contribution in [-0.2, 0) is 16.1 Å². The van der Waals surface area contributed by atoms with Crippen molar-refractivity contribution in [1.82, 2.24) is 10.6 Å². The molecule has 2 amide bonds. The zero-order valence-electron chi connectivity index (χ0n) is 11.6. The fourth-order valence-corrected chi connectivity index (χ4v) is 2.38.